The predicted molar refractivity (Wildman–Crippen MR) is 89.3 cm³/mol. The maximum Gasteiger partial charge on any atom is 0.274 e. The first-order chi connectivity index (χ1) is 12.2. The van der Waals surface area contributed by atoms with Gasteiger partial charge in [-0.3, -0.25) is 9.78 Å². The molecule has 0 bridgehead atoms. The Morgan fingerprint density at radius 1 is 1.08 bits per heavy atom. The fourth-order valence-electron chi connectivity index (χ4n) is 2.38. The largest absolute Gasteiger partial charge is 0.454 e. The minimum atomic E-state index is -0.334. The highest BCUT2D eigenvalue weighted by Crippen LogP contribution is 2.34. The van der Waals surface area contributed by atoms with E-state index in [1.165, 1.54) is 0 Å². The number of aromatic nitrogens is 2. The van der Waals surface area contributed by atoms with Gasteiger partial charge in [-0.1, -0.05) is 5.16 Å². The average molecular weight is 338 g/mol. The Kier molecular flexibility index (Phi) is 3.70. The lowest BCUT2D eigenvalue weighted by Crippen LogP contribution is -2.13. The number of ether oxygens (including phenoxy) is 2. The van der Waals surface area contributed by atoms with Gasteiger partial charge in [-0.25, -0.2) is 0 Å². The number of pyridine rings is 1. The van der Waals surface area contributed by atoms with Crippen LogP contribution >= 0.6 is 0 Å². The zero-order chi connectivity index (χ0) is 17.2. The number of hydrogen-bond donors (Lipinski definition) is 2. The van der Waals surface area contributed by atoms with Crippen LogP contribution in [-0.2, 0) is 0 Å². The van der Waals surface area contributed by atoms with Gasteiger partial charge >= 0.3 is 0 Å². The Hall–Kier alpha value is -3.55. The minimum absolute atomic E-state index is 0.184. The number of nitrogens with one attached hydrogen (secondary N) is 2. The van der Waals surface area contributed by atoms with Gasteiger partial charge in [0.1, 0.15) is 11.5 Å². The highest BCUT2D eigenvalue weighted by atomic mass is 16.7. The standard InChI is InChI=1S/C17H14N4O4/c1-10-6-16(21-25-10)19-12-4-5-18-13(7-12)17(22)20-11-2-3-14-15(8-11)24-9-23-14/h2-8H,9H2,1H3,(H,20,22)(H,18,19,21). The third-order valence-corrected chi connectivity index (χ3v) is 3.52. The zero-order valence-electron chi connectivity index (χ0n) is 13.3. The van der Waals surface area contributed by atoms with Crippen LogP contribution in [0.25, 0.3) is 0 Å². The Labute approximate surface area is 142 Å². The highest BCUT2D eigenvalue weighted by molar-refractivity contribution is 6.03. The van der Waals surface area contributed by atoms with Crippen LogP contribution < -0.4 is 20.1 Å². The van der Waals surface area contributed by atoms with Crippen LogP contribution in [0.5, 0.6) is 11.5 Å². The van der Waals surface area contributed by atoms with Crippen molar-refractivity contribution in [1.29, 1.82) is 0 Å². The number of carbonyl (C=O) groups excluding carboxylic acids is 1. The van der Waals surface area contributed by atoms with Crippen molar-refractivity contribution in [2.75, 3.05) is 17.4 Å². The number of amides is 1. The minimum Gasteiger partial charge on any atom is -0.454 e. The summed E-state index contributed by atoms with van der Waals surface area (Å²) in [5.41, 5.74) is 1.54. The smallest absolute Gasteiger partial charge is 0.274 e. The Morgan fingerprint density at radius 2 is 1.96 bits per heavy atom. The lowest BCUT2D eigenvalue weighted by molar-refractivity contribution is 0.102. The van der Waals surface area contributed by atoms with E-state index < -0.39 is 0 Å². The normalized spacial score (nSPS) is 12.0. The number of anilines is 3. The van der Waals surface area contributed by atoms with Gasteiger partial charge in [0.05, 0.1) is 0 Å². The molecule has 0 radical (unpaired) electrons. The lowest BCUT2D eigenvalue weighted by atomic mass is 10.2. The number of rotatable bonds is 4. The molecule has 3 heterocycles. The van der Waals surface area contributed by atoms with E-state index in [0.29, 0.717) is 34.5 Å². The average Bonchev–Trinajstić information content (AvgIpc) is 3.23. The molecule has 4 rings (SSSR count). The molecule has 3 aromatic rings. The summed E-state index contributed by atoms with van der Waals surface area (Å²) >= 11 is 0. The maximum absolute atomic E-state index is 12.4. The Bertz CT molecular complexity index is 938. The summed E-state index contributed by atoms with van der Waals surface area (Å²) in [5.74, 6) is 2.18. The van der Waals surface area contributed by atoms with E-state index >= 15 is 0 Å². The number of aryl methyl sites for hydroxylation is 1. The van der Waals surface area contributed by atoms with Crippen LogP contribution in [0, 0.1) is 6.92 Å². The number of benzene rings is 1. The van der Waals surface area contributed by atoms with E-state index in [0.717, 1.165) is 0 Å². The summed E-state index contributed by atoms with van der Waals surface area (Å²) in [6.07, 6.45) is 1.55. The van der Waals surface area contributed by atoms with Gasteiger partial charge in [-0.05, 0) is 31.2 Å². The van der Waals surface area contributed by atoms with E-state index in [-0.39, 0.29) is 18.4 Å². The molecule has 0 unspecified atom stereocenters. The van der Waals surface area contributed by atoms with E-state index in [1.54, 1.807) is 49.5 Å². The fourth-order valence-corrected chi connectivity index (χ4v) is 2.38. The summed E-state index contributed by atoms with van der Waals surface area (Å²) in [6, 6.07) is 10.3. The van der Waals surface area contributed by atoms with Gasteiger partial charge in [0.15, 0.2) is 17.3 Å². The molecule has 0 saturated carbocycles. The summed E-state index contributed by atoms with van der Waals surface area (Å²) in [6.45, 7) is 1.98. The molecule has 2 aromatic heterocycles. The molecule has 126 valence electrons. The zero-order valence-corrected chi connectivity index (χ0v) is 13.3. The van der Waals surface area contributed by atoms with Crippen molar-refractivity contribution in [1.82, 2.24) is 10.1 Å². The maximum atomic E-state index is 12.4. The second kappa shape index (κ2) is 6.16. The van der Waals surface area contributed by atoms with Crippen LogP contribution in [0.1, 0.15) is 16.2 Å². The second-order valence-electron chi connectivity index (χ2n) is 5.40. The van der Waals surface area contributed by atoms with Crippen molar-refractivity contribution in [3.63, 3.8) is 0 Å². The molecule has 2 N–H and O–H groups in total. The van der Waals surface area contributed by atoms with Crippen LogP contribution in [0.4, 0.5) is 17.2 Å². The monoisotopic (exact) mass is 338 g/mol. The number of hydrogen-bond acceptors (Lipinski definition) is 7. The molecule has 1 aliphatic rings. The van der Waals surface area contributed by atoms with E-state index in [1.807, 2.05) is 0 Å². The molecule has 25 heavy (non-hydrogen) atoms. The van der Waals surface area contributed by atoms with Crippen LogP contribution in [0.15, 0.2) is 47.1 Å². The summed E-state index contributed by atoms with van der Waals surface area (Å²) in [7, 11) is 0. The molecule has 1 aromatic carbocycles. The quantitative estimate of drug-likeness (QED) is 0.754. The van der Waals surface area contributed by atoms with E-state index in [2.05, 4.69) is 20.8 Å². The van der Waals surface area contributed by atoms with Crippen molar-refractivity contribution in [2.24, 2.45) is 0 Å². The van der Waals surface area contributed by atoms with Gasteiger partial charge in [0, 0.05) is 29.7 Å². The molecule has 0 spiro atoms. The molecule has 8 heteroatoms. The first-order valence-electron chi connectivity index (χ1n) is 7.55. The van der Waals surface area contributed by atoms with Crippen molar-refractivity contribution < 1.29 is 18.8 Å². The Morgan fingerprint density at radius 3 is 2.80 bits per heavy atom. The van der Waals surface area contributed by atoms with Gasteiger partial charge in [-0.15, -0.1) is 0 Å². The first kappa shape index (κ1) is 15.0. The van der Waals surface area contributed by atoms with Crippen molar-refractivity contribution in [2.45, 2.75) is 6.92 Å². The van der Waals surface area contributed by atoms with Crippen LogP contribution in [0.3, 0.4) is 0 Å². The van der Waals surface area contributed by atoms with E-state index in [9.17, 15) is 4.79 Å². The number of fused-ring (bicyclic) bond motifs is 1. The van der Waals surface area contributed by atoms with Crippen molar-refractivity contribution in [3.05, 3.63) is 54.0 Å². The van der Waals surface area contributed by atoms with Gasteiger partial charge in [-0.2, -0.15) is 0 Å². The molecule has 0 aliphatic carbocycles. The SMILES string of the molecule is Cc1cc(Nc2ccnc(C(=O)Nc3ccc4c(c3)OCO4)c2)no1. The lowest BCUT2D eigenvalue weighted by Gasteiger charge is -2.07. The Balaban J connectivity index is 1.49. The summed E-state index contributed by atoms with van der Waals surface area (Å²) in [5, 5.41) is 9.69. The van der Waals surface area contributed by atoms with E-state index in [4.69, 9.17) is 14.0 Å². The molecule has 0 fully saturated rings. The predicted octanol–water partition coefficient (Wildman–Crippen LogP) is 3.10. The molecule has 1 amide bonds. The molecule has 8 nitrogen and oxygen atoms in total. The molecule has 0 saturated heterocycles. The van der Waals surface area contributed by atoms with Gasteiger partial charge in [0.25, 0.3) is 5.91 Å². The van der Waals surface area contributed by atoms with Crippen LogP contribution in [0.2, 0.25) is 0 Å². The second-order valence-corrected chi connectivity index (χ2v) is 5.40. The third kappa shape index (κ3) is 3.23. The van der Waals surface area contributed by atoms with Gasteiger partial charge in [0.2, 0.25) is 6.79 Å². The first-order valence-corrected chi connectivity index (χ1v) is 7.55. The topological polar surface area (TPSA) is 98.5 Å². The molecule has 1 aliphatic heterocycles. The summed E-state index contributed by atoms with van der Waals surface area (Å²) < 4.78 is 15.5. The molecular formula is C17H14N4O4. The number of nitrogens with zero attached hydrogens (tertiary/aromatic N) is 2. The van der Waals surface area contributed by atoms with Crippen molar-refractivity contribution >= 4 is 23.1 Å². The van der Waals surface area contributed by atoms with Crippen LogP contribution in [-0.4, -0.2) is 22.8 Å². The fraction of sp³-hybridized carbons (Fsp3) is 0.118. The highest BCUT2D eigenvalue weighted by Gasteiger charge is 2.15. The van der Waals surface area contributed by atoms with Gasteiger partial charge < -0.3 is 24.6 Å². The molecular weight excluding hydrogens is 324 g/mol. The summed E-state index contributed by atoms with van der Waals surface area (Å²) in [4.78, 5) is 16.5. The number of carbonyl (C=O) groups is 1. The molecule has 0 atom stereocenters. The third-order valence-electron chi connectivity index (χ3n) is 3.52. The van der Waals surface area contributed by atoms with Crippen molar-refractivity contribution in [3.8, 4) is 11.5 Å².